The van der Waals surface area contributed by atoms with Crippen LogP contribution in [-0.2, 0) is 14.3 Å². The summed E-state index contributed by atoms with van der Waals surface area (Å²) in [5, 5.41) is 10.8. The van der Waals surface area contributed by atoms with Gasteiger partial charge in [0.1, 0.15) is 0 Å². The number of nitro groups is 1. The Kier molecular flexibility index (Phi) is 3.36. The highest BCUT2D eigenvalue weighted by molar-refractivity contribution is 6.23. The fourth-order valence-corrected chi connectivity index (χ4v) is 4.49. The van der Waals surface area contributed by atoms with E-state index in [1.807, 2.05) is 19.1 Å². The average Bonchev–Trinajstić information content (AvgIpc) is 3.30. The van der Waals surface area contributed by atoms with Crippen LogP contribution in [0.5, 0.6) is 0 Å². The molecule has 3 aliphatic rings. The van der Waals surface area contributed by atoms with E-state index in [1.165, 1.54) is 17.0 Å². The van der Waals surface area contributed by atoms with Crippen LogP contribution in [0.4, 0.5) is 11.4 Å². The zero-order chi connectivity index (χ0) is 19.6. The van der Waals surface area contributed by atoms with Gasteiger partial charge in [0, 0.05) is 12.1 Å². The first kappa shape index (κ1) is 16.8. The molecule has 7 nitrogen and oxygen atoms in total. The van der Waals surface area contributed by atoms with E-state index >= 15 is 0 Å². The summed E-state index contributed by atoms with van der Waals surface area (Å²) in [4.78, 5) is 37.5. The van der Waals surface area contributed by atoms with Gasteiger partial charge in [-0.3, -0.25) is 19.7 Å². The van der Waals surface area contributed by atoms with Crippen molar-refractivity contribution in [3.05, 3.63) is 70.8 Å². The first-order valence-electron chi connectivity index (χ1n) is 8.99. The van der Waals surface area contributed by atoms with Gasteiger partial charge in [-0.1, -0.05) is 24.3 Å². The second-order valence-corrected chi connectivity index (χ2v) is 7.49. The summed E-state index contributed by atoms with van der Waals surface area (Å²) in [6, 6.07) is 13.3. The van der Waals surface area contributed by atoms with Crippen LogP contribution in [0.1, 0.15) is 6.92 Å². The predicted octanol–water partition coefficient (Wildman–Crippen LogP) is 3.09. The number of amides is 2. The number of hydrogen-bond donors (Lipinski definition) is 0. The number of ether oxygens (including phenoxy) is 1. The van der Waals surface area contributed by atoms with E-state index in [2.05, 4.69) is 0 Å². The molecule has 5 rings (SSSR count). The van der Waals surface area contributed by atoms with Gasteiger partial charge >= 0.3 is 0 Å². The van der Waals surface area contributed by atoms with Gasteiger partial charge in [-0.25, -0.2) is 4.90 Å². The molecule has 140 valence electrons. The van der Waals surface area contributed by atoms with Crippen molar-refractivity contribution in [2.45, 2.75) is 18.6 Å². The largest absolute Gasteiger partial charge is 0.362 e. The van der Waals surface area contributed by atoms with E-state index in [0.717, 1.165) is 11.1 Å². The highest BCUT2D eigenvalue weighted by Gasteiger charge is 2.65. The van der Waals surface area contributed by atoms with Crippen molar-refractivity contribution in [3.8, 4) is 11.1 Å². The Morgan fingerprint density at radius 1 is 1.00 bits per heavy atom. The minimum Gasteiger partial charge on any atom is -0.362 e. The lowest BCUT2D eigenvalue weighted by atomic mass is 9.78. The van der Waals surface area contributed by atoms with Gasteiger partial charge in [-0.05, 0) is 42.3 Å². The van der Waals surface area contributed by atoms with E-state index in [0.29, 0.717) is 5.69 Å². The molecule has 0 radical (unpaired) electrons. The fraction of sp³-hybridized carbons (Fsp3) is 0.238. The number of anilines is 1. The predicted molar refractivity (Wildman–Crippen MR) is 100 cm³/mol. The fourth-order valence-electron chi connectivity index (χ4n) is 4.49. The van der Waals surface area contributed by atoms with Crippen LogP contribution in [0.25, 0.3) is 11.1 Å². The molecule has 2 bridgehead atoms. The molecule has 3 heterocycles. The molecule has 7 heteroatoms. The number of hydrogen-bond acceptors (Lipinski definition) is 5. The van der Waals surface area contributed by atoms with Gasteiger partial charge in [0.25, 0.3) is 5.69 Å². The van der Waals surface area contributed by atoms with Crippen molar-refractivity contribution in [2.75, 3.05) is 4.90 Å². The number of imide groups is 1. The molecule has 0 unspecified atom stereocenters. The summed E-state index contributed by atoms with van der Waals surface area (Å²) in [6.07, 6.45) is 3.41. The van der Waals surface area contributed by atoms with Crippen LogP contribution in [0.2, 0.25) is 0 Å². The smallest absolute Gasteiger partial charge is 0.269 e. The number of rotatable bonds is 3. The molecule has 0 aliphatic carbocycles. The zero-order valence-electron chi connectivity index (χ0n) is 14.9. The SMILES string of the molecule is C[C@@]12C=C[C@@H](O1)[C@H]1C(=O)N(c3ccc(-c4ccc([N+](=O)[O-])cc4)cc3)C(=O)[C@@H]12. The maximum absolute atomic E-state index is 13.0. The number of nitro benzene ring substituents is 1. The summed E-state index contributed by atoms with van der Waals surface area (Å²) in [5.74, 6) is -1.40. The Morgan fingerprint density at radius 3 is 2.18 bits per heavy atom. The molecule has 3 aliphatic heterocycles. The quantitative estimate of drug-likeness (QED) is 0.355. The van der Waals surface area contributed by atoms with Crippen molar-refractivity contribution in [2.24, 2.45) is 11.8 Å². The van der Waals surface area contributed by atoms with Crippen LogP contribution < -0.4 is 4.90 Å². The maximum Gasteiger partial charge on any atom is 0.269 e. The lowest BCUT2D eigenvalue weighted by molar-refractivity contribution is -0.384. The van der Waals surface area contributed by atoms with E-state index in [4.69, 9.17) is 4.74 Å². The lowest BCUT2D eigenvalue weighted by Gasteiger charge is -2.24. The van der Waals surface area contributed by atoms with Gasteiger partial charge in [0.05, 0.1) is 34.2 Å². The highest BCUT2D eigenvalue weighted by Crippen LogP contribution is 2.52. The second kappa shape index (κ2) is 5.59. The number of carbonyl (C=O) groups excluding carboxylic acids is 2. The molecule has 0 saturated carbocycles. The molecule has 0 aromatic heterocycles. The number of benzene rings is 2. The molecule has 0 spiro atoms. The lowest BCUT2D eigenvalue weighted by Crippen LogP contribution is -2.38. The van der Waals surface area contributed by atoms with Gasteiger partial charge in [-0.2, -0.15) is 0 Å². The summed E-state index contributed by atoms with van der Waals surface area (Å²) in [6.45, 7) is 1.85. The summed E-state index contributed by atoms with van der Waals surface area (Å²) < 4.78 is 5.83. The first-order valence-corrected chi connectivity index (χ1v) is 8.99. The topological polar surface area (TPSA) is 89.8 Å². The molecule has 2 amide bonds. The molecule has 0 N–H and O–H groups in total. The third-order valence-corrected chi connectivity index (χ3v) is 5.87. The van der Waals surface area contributed by atoms with Crippen molar-refractivity contribution < 1.29 is 19.2 Å². The molecule has 2 saturated heterocycles. The second-order valence-electron chi connectivity index (χ2n) is 7.49. The van der Waals surface area contributed by atoms with Crippen molar-refractivity contribution in [1.82, 2.24) is 0 Å². The van der Waals surface area contributed by atoms with Crippen LogP contribution in [0.15, 0.2) is 60.7 Å². The number of non-ortho nitro benzene ring substituents is 1. The summed E-state index contributed by atoms with van der Waals surface area (Å²) in [7, 11) is 0. The molecular weight excluding hydrogens is 360 g/mol. The van der Waals surface area contributed by atoms with Crippen LogP contribution >= 0.6 is 0 Å². The normalized spacial score (nSPS) is 30.2. The van der Waals surface area contributed by atoms with Crippen molar-refractivity contribution >= 4 is 23.2 Å². The first-order chi connectivity index (χ1) is 13.4. The maximum atomic E-state index is 13.0. The Morgan fingerprint density at radius 2 is 1.61 bits per heavy atom. The minimum atomic E-state index is -0.713. The van der Waals surface area contributed by atoms with Crippen LogP contribution in [-0.4, -0.2) is 28.4 Å². The van der Waals surface area contributed by atoms with E-state index in [1.54, 1.807) is 36.4 Å². The molecular formula is C21H16N2O5. The Labute approximate surface area is 160 Å². The monoisotopic (exact) mass is 376 g/mol. The highest BCUT2D eigenvalue weighted by atomic mass is 16.6. The Hall–Kier alpha value is -3.32. The van der Waals surface area contributed by atoms with Gasteiger partial charge in [0.2, 0.25) is 11.8 Å². The minimum absolute atomic E-state index is 0.0270. The molecule has 2 aromatic rings. The van der Waals surface area contributed by atoms with Crippen LogP contribution in [0, 0.1) is 22.0 Å². The molecule has 4 atom stereocenters. The van der Waals surface area contributed by atoms with Gasteiger partial charge in [0.15, 0.2) is 0 Å². The third-order valence-electron chi connectivity index (χ3n) is 5.87. The summed E-state index contributed by atoms with van der Waals surface area (Å²) in [5.41, 5.74) is 1.50. The third kappa shape index (κ3) is 2.20. The van der Waals surface area contributed by atoms with E-state index < -0.39 is 22.4 Å². The van der Waals surface area contributed by atoms with E-state index in [-0.39, 0.29) is 23.6 Å². The Balaban J connectivity index is 1.43. The number of fused-ring (bicyclic) bond motifs is 5. The molecule has 2 aromatic carbocycles. The zero-order valence-corrected chi connectivity index (χ0v) is 14.9. The van der Waals surface area contributed by atoms with E-state index in [9.17, 15) is 19.7 Å². The summed E-state index contributed by atoms with van der Waals surface area (Å²) >= 11 is 0. The number of nitrogens with zero attached hydrogens (tertiary/aromatic N) is 2. The van der Waals surface area contributed by atoms with Gasteiger partial charge in [-0.15, -0.1) is 0 Å². The molecule has 2 fully saturated rings. The van der Waals surface area contributed by atoms with Crippen molar-refractivity contribution in [1.29, 1.82) is 0 Å². The van der Waals surface area contributed by atoms with Gasteiger partial charge < -0.3 is 4.74 Å². The van der Waals surface area contributed by atoms with Crippen LogP contribution in [0.3, 0.4) is 0 Å². The number of carbonyl (C=O) groups is 2. The van der Waals surface area contributed by atoms with Crippen molar-refractivity contribution in [3.63, 3.8) is 0 Å². The molecule has 28 heavy (non-hydrogen) atoms. The standard InChI is InChI=1S/C21H16N2O5/c1-21-11-10-16(28-21)17-18(21)20(25)22(19(17)24)14-6-2-12(3-7-14)13-4-8-15(9-5-13)23(26)27/h2-11,16-18H,1H3/t16-,17-,18-,21+/m1/s1. The average molecular weight is 376 g/mol. The Bertz CT molecular complexity index is 1040.